The monoisotopic (exact) mass is 279 g/mol. The molecule has 6 heteroatoms. The highest BCUT2D eigenvalue weighted by atomic mass is 16.5. The van der Waals surface area contributed by atoms with Crippen LogP contribution in [0, 0.1) is 0 Å². The number of likely N-dealkylation sites (N-methyl/N-ethyl adjacent to an activating group) is 1. The van der Waals surface area contributed by atoms with Crippen LogP contribution in [0.1, 0.15) is 12.5 Å². The van der Waals surface area contributed by atoms with Gasteiger partial charge in [-0.1, -0.05) is 18.2 Å². The summed E-state index contributed by atoms with van der Waals surface area (Å²) >= 11 is 0. The minimum absolute atomic E-state index is 0.151. The molecule has 6 nitrogen and oxygen atoms in total. The summed E-state index contributed by atoms with van der Waals surface area (Å²) in [6.45, 7) is 1.82. The molecule has 0 radical (unpaired) electrons. The van der Waals surface area contributed by atoms with Crippen molar-refractivity contribution in [2.75, 3.05) is 20.7 Å². The Labute approximate surface area is 118 Å². The van der Waals surface area contributed by atoms with Gasteiger partial charge in [0.2, 0.25) is 5.91 Å². The Hall–Kier alpha value is -2.08. The molecule has 2 amide bonds. The van der Waals surface area contributed by atoms with Gasteiger partial charge in [0.1, 0.15) is 11.8 Å². The zero-order chi connectivity index (χ0) is 15.1. The van der Waals surface area contributed by atoms with Gasteiger partial charge >= 0.3 is 0 Å². The number of ether oxygens (including phenoxy) is 1. The van der Waals surface area contributed by atoms with Crippen LogP contribution in [0.25, 0.3) is 0 Å². The molecule has 0 saturated carbocycles. The van der Waals surface area contributed by atoms with Gasteiger partial charge in [-0.2, -0.15) is 0 Å². The van der Waals surface area contributed by atoms with Crippen LogP contribution in [0.15, 0.2) is 24.3 Å². The van der Waals surface area contributed by atoms with Crippen molar-refractivity contribution in [2.24, 2.45) is 5.73 Å². The lowest BCUT2D eigenvalue weighted by Crippen LogP contribution is -2.45. The normalized spacial score (nSPS) is 11.6. The van der Waals surface area contributed by atoms with Gasteiger partial charge in [0, 0.05) is 26.2 Å². The largest absolute Gasteiger partial charge is 0.483 e. The summed E-state index contributed by atoms with van der Waals surface area (Å²) < 4.78 is 5.41. The Bertz CT molecular complexity index is 474. The molecule has 0 fully saturated rings. The molecule has 0 saturated heterocycles. The quantitative estimate of drug-likeness (QED) is 0.774. The zero-order valence-corrected chi connectivity index (χ0v) is 12.1. The van der Waals surface area contributed by atoms with Gasteiger partial charge in [-0.05, 0) is 13.0 Å². The van der Waals surface area contributed by atoms with E-state index in [1.807, 2.05) is 18.2 Å². The number of nitrogens with two attached hydrogens (primary N) is 1. The van der Waals surface area contributed by atoms with Crippen molar-refractivity contribution in [3.05, 3.63) is 29.8 Å². The number of nitrogens with zero attached hydrogens (tertiary/aromatic N) is 1. The van der Waals surface area contributed by atoms with Crippen LogP contribution in [-0.2, 0) is 16.1 Å². The van der Waals surface area contributed by atoms with Gasteiger partial charge < -0.3 is 20.7 Å². The highest BCUT2D eigenvalue weighted by Gasteiger charge is 2.17. The SMILES string of the molecule is CC(NC(=O)COc1ccccc1CN)C(=O)N(C)C. The van der Waals surface area contributed by atoms with Gasteiger partial charge in [0.25, 0.3) is 5.91 Å². The van der Waals surface area contributed by atoms with E-state index in [4.69, 9.17) is 10.5 Å². The van der Waals surface area contributed by atoms with Crippen LogP contribution in [0.5, 0.6) is 5.75 Å². The molecule has 1 aromatic carbocycles. The number of nitrogens with one attached hydrogen (secondary N) is 1. The lowest BCUT2D eigenvalue weighted by atomic mass is 10.2. The molecule has 110 valence electrons. The fourth-order valence-electron chi connectivity index (χ4n) is 1.69. The fraction of sp³-hybridized carbons (Fsp3) is 0.429. The maximum Gasteiger partial charge on any atom is 0.258 e. The van der Waals surface area contributed by atoms with Crippen molar-refractivity contribution in [1.29, 1.82) is 0 Å². The lowest BCUT2D eigenvalue weighted by molar-refractivity contribution is -0.134. The molecule has 0 aliphatic rings. The predicted molar refractivity (Wildman–Crippen MR) is 76.1 cm³/mol. The van der Waals surface area contributed by atoms with E-state index in [2.05, 4.69) is 5.32 Å². The zero-order valence-electron chi connectivity index (χ0n) is 12.1. The molecule has 0 aliphatic carbocycles. The topological polar surface area (TPSA) is 84.7 Å². The van der Waals surface area contributed by atoms with E-state index >= 15 is 0 Å². The Balaban J connectivity index is 2.49. The Morgan fingerprint density at radius 3 is 2.60 bits per heavy atom. The predicted octanol–water partition coefficient (Wildman–Crippen LogP) is 0.117. The smallest absolute Gasteiger partial charge is 0.258 e. The van der Waals surface area contributed by atoms with Crippen molar-refractivity contribution in [2.45, 2.75) is 19.5 Å². The van der Waals surface area contributed by atoms with E-state index in [1.165, 1.54) is 4.90 Å². The molecule has 0 spiro atoms. The standard InChI is InChI=1S/C14H21N3O3/c1-10(14(19)17(2)3)16-13(18)9-20-12-7-5-4-6-11(12)8-15/h4-7,10H,8-9,15H2,1-3H3,(H,16,18). The van der Waals surface area contributed by atoms with Crippen LogP contribution >= 0.6 is 0 Å². The lowest BCUT2D eigenvalue weighted by Gasteiger charge is -2.18. The summed E-state index contributed by atoms with van der Waals surface area (Å²) in [6.07, 6.45) is 0. The van der Waals surface area contributed by atoms with Gasteiger partial charge in [-0.15, -0.1) is 0 Å². The van der Waals surface area contributed by atoms with E-state index in [0.29, 0.717) is 12.3 Å². The Morgan fingerprint density at radius 1 is 1.35 bits per heavy atom. The van der Waals surface area contributed by atoms with Crippen LogP contribution in [0.3, 0.4) is 0 Å². The number of rotatable bonds is 6. The van der Waals surface area contributed by atoms with Gasteiger partial charge in [-0.3, -0.25) is 9.59 Å². The average Bonchev–Trinajstić information content (AvgIpc) is 2.44. The number of para-hydroxylation sites is 1. The van der Waals surface area contributed by atoms with Crippen molar-refractivity contribution in [1.82, 2.24) is 10.2 Å². The number of benzene rings is 1. The molecule has 0 heterocycles. The molecule has 3 N–H and O–H groups in total. The Kier molecular flexibility index (Phi) is 5.99. The van der Waals surface area contributed by atoms with E-state index in [0.717, 1.165) is 5.56 Å². The maximum absolute atomic E-state index is 11.7. The number of carbonyl (C=O) groups excluding carboxylic acids is 2. The first-order chi connectivity index (χ1) is 9.45. The van der Waals surface area contributed by atoms with Crippen molar-refractivity contribution in [3.8, 4) is 5.75 Å². The number of carbonyl (C=O) groups is 2. The van der Waals surface area contributed by atoms with Crippen molar-refractivity contribution in [3.63, 3.8) is 0 Å². The van der Waals surface area contributed by atoms with Crippen molar-refractivity contribution >= 4 is 11.8 Å². The summed E-state index contributed by atoms with van der Waals surface area (Å²) in [5.74, 6) is 0.0666. The summed E-state index contributed by atoms with van der Waals surface area (Å²) in [5, 5.41) is 2.58. The second-order valence-corrected chi connectivity index (χ2v) is 4.62. The molecule has 1 unspecified atom stereocenters. The fourth-order valence-corrected chi connectivity index (χ4v) is 1.69. The van der Waals surface area contributed by atoms with Gasteiger partial charge in [-0.25, -0.2) is 0 Å². The molecule has 1 atom stereocenters. The first kappa shape index (κ1) is 16.0. The first-order valence-electron chi connectivity index (χ1n) is 6.37. The molecule has 0 bridgehead atoms. The molecule has 1 aromatic rings. The third-order valence-electron chi connectivity index (χ3n) is 2.74. The Morgan fingerprint density at radius 2 is 2.00 bits per heavy atom. The van der Waals surface area contributed by atoms with Gasteiger partial charge in [0.15, 0.2) is 6.61 Å². The van der Waals surface area contributed by atoms with E-state index in [9.17, 15) is 9.59 Å². The highest BCUT2D eigenvalue weighted by molar-refractivity contribution is 5.87. The van der Waals surface area contributed by atoms with Crippen LogP contribution in [0.4, 0.5) is 0 Å². The molecule has 0 aromatic heterocycles. The summed E-state index contributed by atoms with van der Waals surface area (Å²) in [4.78, 5) is 24.7. The second-order valence-electron chi connectivity index (χ2n) is 4.62. The van der Waals surface area contributed by atoms with E-state index < -0.39 is 6.04 Å². The summed E-state index contributed by atoms with van der Waals surface area (Å²) in [6, 6.07) is 6.68. The molecular weight excluding hydrogens is 258 g/mol. The van der Waals surface area contributed by atoms with Crippen LogP contribution < -0.4 is 15.8 Å². The number of hydrogen-bond acceptors (Lipinski definition) is 4. The van der Waals surface area contributed by atoms with E-state index in [-0.39, 0.29) is 18.4 Å². The van der Waals surface area contributed by atoms with Crippen LogP contribution in [0.2, 0.25) is 0 Å². The van der Waals surface area contributed by atoms with Crippen molar-refractivity contribution < 1.29 is 14.3 Å². The van der Waals surface area contributed by atoms with E-state index in [1.54, 1.807) is 27.1 Å². The minimum Gasteiger partial charge on any atom is -0.483 e. The first-order valence-corrected chi connectivity index (χ1v) is 6.37. The second kappa shape index (κ2) is 7.49. The summed E-state index contributed by atoms with van der Waals surface area (Å²) in [5.41, 5.74) is 6.41. The number of amides is 2. The maximum atomic E-state index is 11.7. The molecular formula is C14H21N3O3. The average molecular weight is 279 g/mol. The third-order valence-corrected chi connectivity index (χ3v) is 2.74. The summed E-state index contributed by atoms with van der Waals surface area (Å²) in [7, 11) is 3.28. The minimum atomic E-state index is -0.578. The molecule has 20 heavy (non-hydrogen) atoms. The van der Waals surface area contributed by atoms with Crippen LogP contribution in [-0.4, -0.2) is 43.5 Å². The highest BCUT2D eigenvalue weighted by Crippen LogP contribution is 2.16. The molecule has 1 rings (SSSR count). The molecule has 0 aliphatic heterocycles. The number of hydrogen-bond donors (Lipinski definition) is 2. The van der Waals surface area contributed by atoms with Gasteiger partial charge in [0.05, 0.1) is 0 Å². The third kappa shape index (κ3) is 4.55.